The van der Waals surface area contributed by atoms with E-state index in [1.807, 2.05) is 13.8 Å². The molecule has 0 bridgehead atoms. The molecule has 5 aliphatic rings. The lowest BCUT2D eigenvalue weighted by Crippen LogP contribution is -2.58. The molecule has 0 aromatic carbocycles. The first-order valence-electron chi connectivity index (χ1n) is 21.4. The number of piperazine rings is 1. The summed E-state index contributed by atoms with van der Waals surface area (Å²) in [5, 5.41) is 14.7. The first-order chi connectivity index (χ1) is 24.3. The van der Waals surface area contributed by atoms with Gasteiger partial charge in [0.1, 0.15) is 11.8 Å². The van der Waals surface area contributed by atoms with Gasteiger partial charge >= 0.3 is 5.97 Å². The van der Waals surface area contributed by atoms with E-state index in [1.165, 1.54) is 111 Å². The SMILES string of the molecule is CCCN1CCN(CCCCN)CC1.COC(=O)C(NCC(=O)CCC(C)C1CCC2C3C(CC[C@]12C)[C@@]1(C)CC[C@H](C)C[C@H]1C[C@H]3O)C(C)C. The highest BCUT2D eigenvalue weighted by atomic mass is 16.5. The quantitative estimate of drug-likeness (QED) is 0.126. The molecule has 8 nitrogen and oxygen atoms in total. The largest absolute Gasteiger partial charge is 0.468 e. The average molecular weight is 717 g/mol. The molecule has 0 amide bonds. The smallest absolute Gasteiger partial charge is 0.323 e. The molecule has 1 saturated heterocycles. The van der Waals surface area contributed by atoms with Gasteiger partial charge in [-0.15, -0.1) is 0 Å². The number of ketones is 1. The molecular weight excluding hydrogens is 636 g/mol. The number of hydrogen-bond donors (Lipinski definition) is 3. The third-order valence-corrected chi connectivity index (χ3v) is 15.2. The zero-order valence-electron chi connectivity index (χ0n) is 34.3. The zero-order valence-corrected chi connectivity index (χ0v) is 34.3. The number of carbonyl (C=O) groups is 2. The van der Waals surface area contributed by atoms with E-state index in [-0.39, 0.29) is 35.7 Å². The number of nitrogens with one attached hydrogen (secondary N) is 1. The number of Topliss-reactive ketones (excluding diaryl/α,β-unsaturated/α-hetero) is 1. The Morgan fingerprint density at radius 3 is 2.20 bits per heavy atom. The number of esters is 1. The van der Waals surface area contributed by atoms with E-state index in [4.69, 9.17) is 10.5 Å². The molecule has 296 valence electrons. The third-order valence-electron chi connectivity index (χ3n) is 15.2. The van der Waals surface area contributed by atoms with Crippen molar-refractivity contribution in [3.8, 4) is 0 Å². The minimum Gasteiger partial charge on any atom is -0.468 e. The van der Waals surface area contributed by atoms with Gasteiger partial charge in [-0.2, -0.15) is 0 Å². The van der Waals surface area contributed by atoms with Crippen molar-refractivity contribution in [3.63, 3.8) is 0 Å². The van der Waals surface area contributed by atoms with Crippen LogP contribution in [0.5, 0.6) is 0 Å². The van der Waals surface area contributed by atoms with Crippen molar-refractivity contribution in [2.45, 2.75) is 144 Å². The van der Waals surface area contributed by atoms with Crippen molar-refractivity contribution in [3.05, 3.63) is 0 Å². The van der Waals surface area contributed by atoms with E-state index in [1.54, 1.807) is 0 Å². The fourth-order valence-corrected chi connectivity index (χ4v) is 12.1. The topological polar surface area (TPSA) is 108 Å². The standard InChI is InChI=1S/C32H55NO4.C11H25N3/c1-19(2)29(30(36)37-7)33-18-23(34)9-8-21(4)24-10-11-25-28-26(13-15-32(24,25)6)31(5)14-12-20(3)16-22(31)17-27(28)35;1-2-6-13-8-10-14(11-9-13)7-4-3-5-12/h19-22,24-29,33,35H,8-18H2,1-7H3;2-12H2,1H3/t20-,21?,22-,24?,25?,26?,27+,28?,29?,31-,32+;/m0./s1. The van der Waals surface area contributed by atoms with Crippen LogP contribution in [0.3, 0.4) is 0 Å². The number of hydrogen-bond acceptors (Lipinski definition) is 8. The summed E-state index contributed by atoms with van der Waals surface area (Å²) in [7, 11) is 1.40. The number of rotatable bonds is 15. The van der Waals surface area contributed by atoms with Crippen molar-refractivity contribution in [2.75, 3.05) is 59.5 Å². The van der Waals surface area contributed by atoms with E-state index in [0.717, 1.165) is 25.3 Å². The van der Waals surface area contributed by atoms with Crippen LogP contribution in [0.25, 0.3) is 0 Å². The van der Waals surface area contributed by atoms with Crippen LogP contribution in [0.15, 0.2) is 0 Å². The number of nitrogens with zero attached hydrogens (tertiary/aromatic N) is 2. The van der Waals surface area contributed by atoms with Crippen LogP contribution in [0.2, 0.25) is 0 Å². The minimum absolute atomic E-state index is 0.0781. The number of aliphatic hydroxyl groups excluding tert-OH is 1. The molecule has 5 fully saturated rings. The summed E-state index contributed by atoms with van der Waals surface area (Å²) in [5.41, 5.74) is 6.17. The third kappa shape index (κ3) is 10.4. The van der Waals surface area contributed by atoms with Crippen molar-refractivity contribution >= 4 is 11.8 Å². The summed E-state index contributed by atoms with van der Waals surface area (Å²) < 4.78 is 4.89. The van der Waals surface area contributed by atoms with Crippen LogP contribution >= 0.6 is 0 Å². The van der Waals surface area contributed by atoms with E-state index in [0.29, 0.717) is 47.3 Å². The Labute approximate surface area is 313 Å². The average Bonchev–Trinajstić information content (AvgIpc) is 3.46. The van der Waals surface area contributed by atoms with Gasteiger partial charge in [-0.3, -0.25) is 14.9 Å². The first-order valence-corrected chi connectivity index (χ1v) is 21.4. The van der Waals surface area contributed by atoms with Gasteiger partial charge in [0.2, 0.25) is 0 Å². The molecular formula is C43H80N4O4. The predicted octanol–water partition coefficient (Wildman–Crippen LogP) is 6.78. The second kappa shape index (κ2) is 19.5. The molecule has 8 heteroatoms. The van der Waals surface area contributed by atoms with Gasteiger partial charge in [-0.1, -0.05) is 54.9 Å². The Balaban J connectivity index is 0.000000349. The number of unbranched alkanes of at least 4 members (excludes halogenated alkanes) is 1. The normalized spacial score (nSPS) is 36.6. The maximum Gasteiger partial charge on any atom is 0.323 e. The number of ether oxygens (including phenoxy) is 1. The monoisotopic (exact) mass is 717 g/mol. The second-order valence-electron chi connectivity index (χ2n) is 18.8. The van der Waals surface area contributed by atoms with E-state index in [9.17, 15) is 14.7 Å². The fourth-order valence-electron chi connectivity index (χ4n) is 12.1. The Kier molecular flexibility index (Phi) is 16.3. The van der Waals surface area contributed by atoms with Crippen LogP contribution in [-0.4, -0.2) is 98.3 Å². The number of nitrogens with two attached hydrogens (primary N) is 1. The van der Waals surface area contributed by atoms with Crippen LogP contribution in [0, 0.1) is 58.2 Å². The van der Waals surface area contributed by atoms with Crippen LogP contribution < -0.4 is 11.1 Å². The number of fused-ring (bicyclic) bond motifs is 5. The van der Waals surface area contributed by atoms with Gasteiger partial charge in [0.25, 0.3) is 0 Å². The molecule has 0 radical (unpaired) electrons. The summed E-state index contributed by atoms with van der Waals surface area (Å²) in [6, 6.07) is -0.438. The molecule has 0 spiro atoms. The van der Waals surface area contributed by atoms with Crippen LogP contribution in [-0.2, 0) is 14.3 Å². The molecule has 4 saturated carbocycles. The van der Waals surface area contributed by atoms with Gasteiger partial charge < -0.3 is 25.4 Å². The Morgan fingerprint density at radius 1 is 0.922 bits per heavy atom. The Morgan fingerprint density at radius 2 is 1.57 bits per heavy atom. The van der Waals surface area contributed by atoms with E-state index >= 15 is 0 Å². The van der Waals surface area contributed by atoms with Gasteiger partial charge in [0.05, 0.1) is 19.8 Å². The lowest BCUT2D eigenvalue weighted by atomic mass is 9.43. The Bertz CT molecular complexity index is 1080. The molecule has 6 unspecified atom stereocenters. The summed E-state index contributed by atoms with van der Waals surface area (Å²) >= 11 is 0. The van der Waals surface area contributed by atoms with Gasteiger partial charge in [-0.05, 0) is 148 Å². The zero-order chi connectivity index (χ0) is 37.3. The molecule has 4 N–H and O–H groups in total. The van der Waals surface area contributed by atoms with Crippen molar-refractivity contribution in [1.82, 2.24) is 15.1 Å². The summed E-state index contributed by atoms with van der Waals surface area (Å²) in [6.07, 6.45) is 15.1. The fraction of sp³-hybridized carbons (Fsp3) is 0.953. The lowest BCUT2D eigenvalue weighted by molar-refractivity contribution is -0.168. The lowest BCUT2D eigenvalue weighted by Gasteiger charge is -2.62. The molecule has 51 heavy (non-hydrogen) atoms. The second-order valence-corrected chi connectivity index (χ2v) is 18.8. The molecule has 5 rings (SSSR count). The highest BCUT2D eigenvalue weighted by Gasteiger charge is 2.62. The summed E-state index contributed by atoms with van der Waals surface area (Å²) in [5.74, 6) is 4.34. The van der Waals surface area contributed by atoms with Crippen molar-refractivity contribution in [2.24, 2.45) is 63.9 Å². The van der Waals surface area contributed by atoms with E-state index in [2.05, 4.69) is 49.7 Å². The van der Waals surface area contributed by atoms with Crippen LogP contribution in [0.1, 0.15) is 132 Å². The number of aliphatic hydroxyl groups is 1. The maximum atomic E-state index is 12.7. The molecule has 11 atom stereocenters. The van der Waals surface area contributed by atoms with Gasteiger partial charge in [-0.25, -0.2) is 0 Å². The van der Waals surface area contributed by atoms with Gasteiger partial charge in [0, 0.05) is 32.6 Å². The van der Waals surface area contributed by atoms with Crippen molar-refractivity contribution in [1.29, 1.82) is 0 Å². The molecule has 1 aliphatic heterocycles. The van der Waals surface area contributed by atoms with E-state index < -0.39 is 6.04 Å². The molecule has 0 aromatic heterocycles. The summed E-state index contributed by atoms with van der Waals surface area (Å²) in [6.45, 7) is 24.7. The van der Waals surface area contributed by atoms with Gasteiger partial charge in [0.15, 0.2) is 0 Å². The minimum atomic E-state index is -0.438. The maximum absolute atomic E-state index is 12.7. The molecule has 0 aromatic rings. The number of carbonyl (C=O) groups excluding carboxylic acids is 2. The van der Waals surface area contributed by atoms with Crippen LogP contribution in [0.4, 0.5) is 0 Å². The first kappa shape index (κ1) is 42.7. The highest BCUT2D eigenvalue weighted by molar-refractivity contribution is 5.82. The number of methoxy groups -OCH3 is 1. The predicted molar refractivity (Wildman–Crippen MR) is 209 cm³/mol. The summed E-state index contributed by atoms with van der Waals surface area (Å²) in [4.78, 5) is 29.9. The molecule has 1 heterocycles. The molecule has 4 aliphatic carbocycles. The Hall–Kier alpha value is -1.06. The van der Waals surface area contributed by atoms with Crippen molar-refractivity contribution < 1.29 is 19.4 Å². The highest BCUT2D eigenvalue weighted by Crippen LogP contribution is 2.68.